The highest BCUT2D eigenvalue weighted by Gasteiger charge is 2.28. The van der Waals surface area contributed by atoms with Gasteiger partial charge in [0.2, 0.25) is 0 Å². The SMILES string of the molecule is CC(C)C1CN(c2cccc(CCCO)c2)C1. The number of hydrogen-bond acceptors (Lipinski definition) is 2. The zero-order valence-electron chi connectivity index (χ0n) is 10.9. The van der Waals surface area contributed by atoms with E-state index in [1.165, 1.54) is 24.3 Å². The van der Waals surface area contributed by atoms with Crippen LogP contribution in [0.5, 0.6) is 0 Å². The quantitative estimate of drug-likeness (QED) is 0.845. The zero-order valence-corrected chi connectivity index (χ0v) is 10.9. The maximum atomic E-state index is 8.85. The van der Waals surface area contributed by atoms with Crippen LogP contribution in [-0.4, -0.2) is 24.8 Å². The summed E-state index contributed by atoms with van der Waals surface area (Å²) in [5.74, 6) is 1.65. The highest BCUT2D eigenvalue weighted by atomic mass is 16.2. The second-order valence-corrected chi connectivity index (χ2v) is 5.41. The highest BCUT2D eigenvalue weighted by Crippen LogP contribution is 2.29. The summed E-state index contributed by atoms with van der Waals surface area (Å²) < 4.78 is 0. The van der Waals surface area contributed by atoms with Gasteiger partial charge in [-0.25, -0.2) is 0 Å². The van der Waals surface area contributed by atoms with E-state index in [0.29, 0.717) is 0 Å². The molecule has 2 heteroatoms. The van der Waals surface area contributed by atoms with Crippen molar-refractivity contribution in [3.63, 3.8) is 0 Å². The van der Waals surface area contributed by atoms with Gasteiger partial charge in [0.15, 0.2) is 0 Å². The molecule has 1 N–H and O–H groups in total. The molecule has 0 atom stereocenters. The van der Waals surface area contributed by atoms with Gasteiger partial charge in [-0.3, -0.25) is 0 Å². The van der Waals surface area contributed by atoms with E-state index in [1.807, 2.05) is 0 Å². The summed E-state index contributed by atoms with van der Waals surface area (Å²) in [5, 5.41) is 8.85. The highest BCUT2D eigenvalue weighted by molar-refractivity contribution is 5.50. The van der Waals surface area contributed by atoms with Crippen LogP contribution < -0.4 is 4.90 Å². The minimum absolute atomic E-state index is 0.281. The van der Waals surface area contributed by atoms with E-state index in [9.17, 15) is 0 Å². The first-order valence-corrected chi connectivity index (χ1v) is 6.65. The van der Waals surface area contributed by atoms with Gasteiger partial charge in [-0.15, -0.1) is 0 Å². The van der Waals surface area contributed by atoms with Gasteiger partial charge in [0.25, 0.3) is 0 Å². The Bertz CT molecular complexity index is 356. The first-order valence-electron chi connectivity index (χ1n) is 6.65. The maximum absolute atomic E-state index is 8.85. The molecule has 0 unspecified atom stereocenters. The molecule has 2 nitrogen and oxygen atoms in total. The molecule has 0 bridgehead atoms. The minimum atomic E-state index is 0.281. The smallest absolute Gasteiger partial charge is 0.0434 e. The number of nitrogens with zero attached hydrogens (tertiary/aromatic N) is 1. The summed E-state index contributed by atoms with van der Waals surface area (Å²) in [7, 11) is 0. The van der Waals surface area contributed by atoms with Crippen LogP contribution >= 0.6 is 0 Å². The largest absolute Gasteiger partial charge is 0.396 e. The van der Waals surface area contributed by atoms with Gasteiger partial charge in [-0.2, -0.15) is 0 Å². The van der Waals surface area contributed by atoms with E-state index in [1.54, 1.807) is 0 Å². The summed E-state index contributed by atoms with van der Waals surface area (Å²) in [6, 6.07) is 8.74. The average molecular weight is 233 g/mol. The molecule has 1 aromatic carbocycles. The maximum Gasteiger partial charge on any atom is 0.0434 e. The van der Waals surface area contributed by atoms with Crippen LogP contribution in [0.1, 0.15) is 25.8 Å². The zero-order chi connectivity index (χ0) is 12.3. The second-order valence-electron chi connectivity index (χ2n) is 5.41. The third-order valence-electron chi connectivity index (χ3n) is 3.75. The van der Waals surface area contributed by atoms with Gasteiger partial charge in [0.05, 0.1) is 0 Å². The van der Waals surface area contributed by atoms with Crippen LogP contribution in [0.15, 0.2) is 24.3 Å². The predicted molar refractivity (Wildman–Crippen MR) is 72.4 cm³/mol. The van der Waals surface area contributed by atoms with Crippen molar-refractivity contribution in [2.24, 2.45) is 11.8 Å². The fourth-order valence-corrected chi connectivity index (χ4v) is 2.34. The van der Waals surface area contributed by atoms with Crippen molar-refractivity contribution in [2.75, 3.05) is 24.6 Å². The molecule has 0 aliphatic carbocycles. The Morgan fingerprint density at radius 2 is 2.12 bits per heavy atom. The van der Waals surface area contributed by atoms with Crippen LogP contribution in [-0.2, 0) is 6.42 Å². The molecule has 1 aliphatic rings. The van der Waals surface area contributed by atoms with Crippen molar-refractivity contribution in [2.45, 2.75) is 26.7 Å². The van der Waals surface area contributed by atoms with E-state index in [-0.39, 0.29) is 6.61 Å². The van der Waals surface area contributed by atoms with Crippen LogP contribution in [0.3, 0.4) is 0 Å². The second kappa shape index (κ2) is 5.54. The van der Waals surface area contributed by atoms with Crippen molar-refractivity contribution < 1.29 is 5.11 Å². The summed E-state index contributed by atoms with van der Waals surface area (Å²) in [5.41, 5.74) is 2.68. The number of aryl methyl sites for hydroxylation is 1. The third-order valence-corrected chi connectivity index (χ3v) is 3.75. The molecule has 1 fully saturated rings. The lowest BCUT2D eigenvalue weighted by Crippen LogP contribution is -2.49. The number of anilines is 1. The van der Waals surface area contributed by atoms with E-state index < -0.39 is 0 Å². The molecule has 2 rings (SSSR count). The molecule has 1 saturated heterocycles. The number of aliphatic hydroxyl groups is 1. The van der Waals surface area contributed by atoms with E-state index in [2.05, 4.69) is 43.0 Å². The van der Waals surface area contributed by atoms with Crippen LogP contribution in [0.4, 0.5) is 5.69 Å². The van der Waals surface area contributed by atoms with Crippen molar-refractivity contribution in [1.29, 1.82) is 0 Å². The Hall–Kier alpha value is -1.02. The predicted octanol–water partition coefficient (Wildman–Crippen LogP) is 2.70. The molecule has 1 aliphatic heterocycles. The summed E-state index contributed by atoms with van der Waals surface area (Å²) in [6.45, 7) is 7.28. The van der Waals surface area contributed by atoms with Gasteiger partial charge in [-0.1, -0.05) is 26.0 Å². The number of hydrogen-bond donors (Lipinski definition) is 1. The van der Waals surface area contributed by atoms with Crippen molar-refractivity contribution in [1.82, 2.24) is 0 Å². The first-order chi connectivity index (χ1) is 8.20. The van der Waals surface area contributed by atoms with Gasteiger partial charge >= 0.3 is 0 Å². The summed E-state index contributed by atoms with van der Waals surface area (Å²) in [4.78, 5) is 2.45. The fraction of sp³-hybridized carbons (Fsp3) is 0.600. The van der Waals surface area contributed by atoms with Gasteiger partial charge in [0.1, 0.15) is 0 Å². The van der Waals surface area contributed by atoms with Crippen LogP contribution in [0.2, 0.25) is 0 Å². The van der Waals surface area contributed by atoms with Crippen molar-refractivity contribution in [3.8, 4) is 0 Å². The van der Waals surface area contributed by atoms with Gasteiger partial charge < -0.3 is 10.0 Å². The third kappa shape index (κ3) is 3.01. The van der Waals surface area contributed by atoms with Gasteiger partial charge in [0, 0.05) is 25.4 Å². The lowest BCUT2D eigenvalue weighted by Gasteiger charge is -2.43. The molecule has 0 aromatic heterocycles. The summed E-state index contributed by atoms with van der Waals surface area (Å²) >= 11 is 0. The van der Waals surface area contributed by atoms with Gasteiger partial charge in [-0.05, 0) is 42.4 Å². The Morgan fingerprint density at radius 1 is 1.35 bits per heavy atom. The Morgan fingerprint density at radius 3 is 2.76 bits per heavy atom. The van der Waals surface area contributed by atoms with E-state index in [0.717, 1.165) is 24.7 Å². The minimum Gasteiger partial charge on any atom is -0.396 e. The molecule has 1 aromatic rings. The van der Waals surface area contributed by atoms with Crippen LogP contribution in [0, 0.1) is 11.8 Å². The normalized spacial score (nSPS) is 16.4. The lowest BCUT2D eigenvalue weighted by atomic mass is 9.88. The lowest BCUT2D eigenvalue weighted by molar-refractivity contribution is 0.288. The summed E-state index contributed by atoms with van der Waals surface area (Å²) in [6.07, 6.45) is 1.84. The Balaban J connectivity index is 1.93. The molecule has 0 spiro atoms. The molecule has 0 radical (unpaired) electrons. The molecular formula is C15H23NO. The molecule has 94 valence electrons. The van der Waals surface area contributed by atoms with Crippen molar-refractivity contribution in [3.05, 3.63) is 29.8 Å². The number of aliphatic hydroxyl groups excluding tert-OH is 1. The Labute approximate surface area is 104 Å². The van der Waals surface area contributed by atoms with Crippen LogP contribution in [0.25, 0.3) is 0 Å². The molecule has 17 heavy (non-hydrogen) atoms. The topological polar surface area (TPSA) is 23.5 Å². The standard InChI is InChI=1S/C15H23NO/c1-12(2)14-10-16(11-14)15-7-3-5-13(9-15)6-4-8-17/h3,5,7,9,12,14,17H,4,6,8,10-11H2,1-2H3. The monoisotopic (exact) mass is 233 g/mol. The average Bonchev–Trinajstić information content (AvgIpc) is 2.24. The molecule has 0 saturated carbocycles. The first kappa shape index (κ1) is 12.4. The van der Waals surface area contributed by atoms with Crippen molar-refractivity contribution >= 4 is 5.69 Å². The number of benzene rings is 1. The van der Waals surface area contributed by atoms with E-state index >= 15 is 0 Å². The molecule has 1 heterocycles. The molecular weight excluding hydrogens is 210 g/mol. The molecule has 0 amide bonds. The van der Waals surface area contributed by atoms with E-state index in [4.69, 9.17) is 5.11 Å². The number of rotatable bonds is 5. The Kier molecular flexibility index (Phi) is 4.06. The fourth-order valence-electron chi connectivity index (χ4n) is 2.34.